The molecule has 0 aromatic carbocycles. The second kappa shape index (κ2) is 5.97. The number of hydrogen-bond acceptors (Lipinski definition) is 3. The van der Waals surface area contributed by atoms with Crippen LogP contribution < -0.4 is 5.32 Å². The SMILES string of the molecule is CCNC(=O)O/N=C(/Cl)CC. The Morgan fingerprint density at radius 3 is 2.73 bits per heavy atom. The van der Waals surface area contributed by atoms with Gasteiger partial charge in [-0.15, -0.1) is 0 Å². The van der Waals surface area contributed by atoms with Crippen molar-refractivity contribution in [2.75, 3.05) is 6.54 Å². The maximum Gasteiger partial charge on any atom is 0.433 e. The summed E-state index contributed by atoms with van der Waals surface area (Å²) in [5.41, 5.74) is 0. The Morgan fingerprint density at radius 1 is 1.64 bits per heavy atom. The van der Waals surface area contributed by atoms with Crippen LogP contribution in [0.1, 0.15) is 20.3 Å². The number of carbonyl (C=O) groups excluding carboxylic acids is 1. The third kappa shape index (κ3) is 5.66. The molecule has 0 spiro atoms. The number of carbonyl (C=O) groups is 1. The van der Waals surface area contributed by atoms with E-state index < -0.39 is 6.09 Å². The third-order valence-corrected chi connectivity index (χ3v) is 1.18. The molecule has 0 saturated heterocycles. The van der Waals surface area contributed by atoms with E-state index in [-0.39, 0.29) is 5.17 Å². The molecule has 4 nitrogen and oxygen atoms in total. The molecule has 0 fully saturated rings. The molecule has 1 N–H and O–H groups in total. The molecule has 0 aromatic rings. The predicted molar refractivity (Wildman–Crippen MR) is 43.7 cm³/mol. The van der Waals surface area contributed by atoms with Crippen LogP contribution in [0.25, 0.3) is 0 Å². The van der Waals surface area contributed by atoms with Gasteiger partial charge in [0.05, 0.1) is 0 Å². The molecule has 0 rings (SSSR count). The zero-order valence-corrected chi connectivity index (χ0v) is 7.31. The Bertz CT molecular complexity index is 159. The van der Waals surface area contributed by atoms with E-state index in [4.69, 9.17) is 11.6 Å². The molecule has 0 unspecified atom stereocenters. The summed E-state index contributed by atoms with van der Waals surface area (Å²) in [5, 5.41) is 6.00. The Labute approximate surface area is 70.5 Å². The molecule has 0 aliphatic heterocycles. The standard InChI is InChI=1S/C6H11ClN2O2/c1-3-5(7)9-11-6(10)8-4-2/h3-4H2,1-2H3,(H,8,10)/b9-5+. The fraction of sp³-hybridized carbons (Fsp3) is 0.667. The van der Waals surface area contributed by atoms with E-state index in [1.807, 2.05) is 6.92 Å². The second-order valence-corrected chi connectivity index (χ2v) is 2.17. The summed E-state index contributed by atoms with van der Waals surface area (Å²) >= 11 is 5.45. The van der Waals surface area contributed by atoms with Crippen LogP contribution >= 0.6 is 11.6 Å². The highest BCUT2D eigenvalue weighted by Crippen LogP contribution is 1.92. The van der Waals surface area contributed by atoms with Crippen molar-refractivity contribution in [3.05, 3.63) is 0 Å². The van der Waals surface area contributed by atoms with Crippen LogP contribution in [0, 0.1) is 0 Å². The predicted octanol–water partition coefficient (Wildman–Crippen LogP) is 1.69. The molecule has 1 amide bonds. The molecule has 64 valence electrons. The largest absolute Gasteiger partial charge is 0.433 e. The van der Waals surface area contributed by atoms with Gasteiger partial charge in [0.1, 0.15) is 5.17 Å². The van der Waals surface area contributed by atoms with Crippen molar-refractivity contribution in [3.8, 4) is 0 Å². The van der Waals surface area contributed by atoms with E-state index in [0.29, 0.717) is 13.0 Å². The Balaban J connectivity index is 3.60. The molecule has 0 aliphatic carbocycles. The monoisotopic (exact) mass is 178 g/mol. The van der Waals surface area contributed by atoms with E-state index in [1.165, 1.54) is 0 Å². The highest BCUT2D eigenvalue weighted by atomic mass is 35.5. The lowest BCUT2D eigenvalue weighted by atomic mass is 10.5. The summed E-state index contributed by atoms with van der Waals surface area (Å²) in [7, 11) is 0. The van der Waals surface area contributed by atoms with Crippen molar-refractivity contribution in [1.82, 2.24) is 5.32 Å². The molecule has 0 atom stereocenters. The minimum atomic E-state index is -0.584. The van der Waals surface area contributed by atoms with E-state index >= 15 is 0 Å². The molecule has 5 heteroatoms. The van der Waals surface area contributed by atoms with E-state index in [1.54, 1.807) is 6.92 Å². The van der Waals surface area contributed by atoms with Crippen molar-refractivity contribution in [3.63, 3.8) is 0 Å². The average Bonchev–Trinajstić information content (AvgIpc) is 2.01. The first-order valence-corrected chi connectivity index (χ1v) is 3.75. The number of rotatable bonds is 3. The van der Waals surface area contributed by atoms with Gasteiger partial charge in [0.15, 0.2) is 0 Å². The first-order valence-electron chi connectivity index (χ1n) is 3.37. The van der Waals surface area contributed by atoms with Gasteiger partial charge in [-0.2, -0.15) is 0 Å². The van der Waals surface area contributed by atoms with Gasteiger partial charge >= 0.3 is 6.09 Å². The average molecular weight is 179 g/mol. The molecule has 0 aromatic heterocycles. The zero-order chi connectivity index (χ0) is 8.69. The van der Waals surface area contributed by atoms with E-state index in [0.717, 1.165) is 0 Å². The number of nitrogens with zero attached hydrogens (tertiary/aromatic N) is 1. The topological polar surface area (TPSA) is 50.7 Å². The number of amides is 1. The third-order valence-electron chi connectivity index (χ3n) is 0.840. The first-order chi connectivity index (χ1) is 5.20. The molecular weight excluding hydrogens is 168 g/mol. The highest BCUT2D eigenvalue weighted by Gasteiger charge is 1.97. The number of nitrogens with one attached hydrogen (secondary N) is 1. The zero-order valence-electron chi connectivity index (χ0n) is 6.56. The molecule has 0 heterocycles. The van der Waals surface area contributed by atoms with Gasteiger partial charge in [0.2, 0.25) is 0 Å². The van der Waals surface area contributed by atoms with Crippen LogP contribution in [0.3, 0.4) is 0 Å². The number of halogens is 1. The van der Waals surface area contributed by atoms with Gasteiger partial charge in [-0.25, -0.2) is 4.79 Å². The Kier molecular flexibility index (Phi) is 5.56. The van der Waals surface area contributed by atoms with Gasteiger partial charge in [-0.1, -0.05) is 23.7 Å². The van der Waals surface area contributed by atoms with Gasteiger partial charge < -0.3 is 5.32 Å². The molecule has 0 aliphatic rings. The smallest absolute Gasteiger partial charge is 0.320 e. The maximum atomic E-state index is 10.6. The summed E-state index contributed by atoms with van der Waals surface area (Å²) in [6.45, 7) is 4.11. The van der Waals surface area contributed by atoms with Crippen molar-refractivity contribution in [2.45, 2.75) is 20.3 Å². The molecular formula is C6H11ClN2O2. The van der Waals surface area contributed by atoms with Gasteiger partial charge in [0, 0.05) is 13.0 Å². The number of oxime groups is 1. The summed E-state index contributed by atoms with van der Waals surface area (Å²) < 4.78 is 0. The molecule has 0 radical (unpaired) electrons. The van der Waals surface area contributed by atoms with Crippen LogP contribution in [-0.4, -0.2) is 17.8 Å². The van der Waals surface area contributed by atoms with Crippen LogP contribution in [0.4, 0.5) is 4.79 Å². The normalized spacial score (nSPS) is 11.0. The van der Waals surface area contributed by atoms with Gasteiger partial charge in [0.25, 0.3) is 0 Å². The van der Waals surface area contributed by atoms with Crippen LogP contribution in [0.15, 0.2) is 5.16 Å². The number of hydrogen-bond donors (Lipinski definition) is 1. The summed E-state index contributed by atoms with van der Waals surface area (Å²) in [5.74, 6) is 0. The van der Waals surface area contributed by atoms with Gasteiger partial charge in [-0.05, 0) is 6.92 Å². The minimum Gasteiger partial charge on any atom is -0.320 e. The fourth-order valence-corrected chi connectivity index (χ4v) is 0.367. The van der Waals surface area contributed by atoms with E-state index in [9.17, 15) is 4.79 Å². The lowest BCUT2D eigenvalue weighted by molar-refractivity contribution is 0.151. The molecule has 0 saturated carbocycles. The quantitative estimate of drug-likeness (QED) is 0.406. The van der Waals surface area contributed by atoms with Crippen LogP contribution in [-0.2, 0) is 4.84 Å². The minimum absolute atomic E-state index is 0.274. The highest BCUT2D eigenvalue weighted by molar-refractivity contribution is 6.65. The summed E-state index contributed by atoms with van der Waals surface area (Å²) in [6.07, 6.45) is -0.0277. The van der Waals surface area contributed by atoms with Crippen molar-refractivity contribution >= 4 is 22.9 Å². The molecule has 11 heavy (non-hydrogen) atoms. The summed E-state index contributed by atoms with van der Waals surface area (Å²) in [6, 6.07) is 0. The van der Waals surface area contributed by atoms with Crippen molar-refractivity contribution in [2.24, 2.45) is 5.16 Å². The van der Waals surface area contributed by atoms with Crippen LogP contribution in [0.2, 0.25) is 0 Å². The van der Waals surface area contributed by atoms with Gasteiger partial charge in [-0.3, -0.25) is 4.84 Å². The Hall–Kier alpha value is -0.770. The van der Waals surface area contributed by atoms with Crippen molar-refractivity contribution in [1.29, 1.82) is 0 Å². The van der Waals surface area contributed by atoms with E-state index in [2.05, 4.69) is 15.3 Å². The van der Waals surface area contributed by atoms with Crippen molar-refractivity contribution < 1.29 is 9.63 Å². The Morgan fingerprint density at radius 2 is 2.27 bits per heavy atom. The lowest BCUT2D eigenvalue weighted by Crippen LogP contribution is -2.22. The fourth-order valence-electron chi connectivity index (χ4n) is 0.332. The molecule has 0 bridgehead atoms. The maximum absolute atomic E-state index is 10.6. The first kappa shape index (κ1) is 10.2. The second-order valence-electron chi connectivity index (χ2n) is 1.73. The van der Waals surface area contributed by atoms with Crippen LogP contribution in [0.5, 0.6) is 0 Å². The summed E-state index contributed by atoms with van der Waals surface area (Å²) in [4.78, 5) is 14.9. The lowest BCUT2D eigenvalue weighted by Gasteiger charge is -1.97.